The fourth-order valence-electron chi connectivity index (χ4n) is 2.68. The minimum Gasteiger partial charge on any atom is -0.481 e. The molecule has 0 aliphatic carbocycles. The van der Waals surface area contributed by atoms with Crippen molar-refractivity contribution in [1.29, 1.82) is 0 Å². The normalized spacial score (nSPS) is 20.0. The van der Waals surface area contributed by atoms with Gasteiger partial charge in [-0.3, -0.25) is 9.78 Å². The van der Waals surface area contributed by atoms with Gasteiger partial charge < -0.3 is 25.2 Å². The summed E-state index contributed by atoms with van der Waals surface area (Å²) in [4.78, 5) is 31.6. The second kappa shape index (κ2) is 7.31. The molecule has 2 aromatic rings. The van der Waals surface area contributed by atoms with E-state index in [-0.39, 0.29) is 18.6 Å². The minimum atomic E-state index is -1.10. The average molecular weight is 346 g/mol. The molecule has 1 fully saturated rings. The van der Waals surface area contributed by atoms with Crippen LogP contribution in [0.2, 0.25) is 0 Å². The van der Waals surface area contributed by atoms with E-state index in [1.54, 1.807) is 24.4 Å². The molecule has 25 heavy (non-hydrogen) atoms. The zero-order valence-corrected chi connectivity index (χ0v) is 13.6. The summed E-state index contributed by atoms with van der Waals surface area (Å²) in [6.45, 7) is 0.160. The number of ether oxygens (including phenoxy) is 2. The molecule has 3 heterocycles. The smallest absolute Gasteiger partial charge is 0.404 e. The van der Waals surface area contributed by atoms with Gasteiger partial charge in [0.2, 0.25) is 5.88 Å². The lowest BCUT2D eigenvalue weighted by molar-refractivity contribution is -0.130. The van der Waals surface area contributed by atoms with E-state index in [0.29, 0.717) is 35.4 Å². The number of carboxylic acid groups (broad SMARTS) is 1. The number of hydrogen-bond acceptors (Lipinski definition) is 6. The molecule has 1 aliphatic heterocycles. The molecule has 2 aromatic heterocycles. The third kappa shape index (κ3) is 3.94. The molecule has 0 aromatic carbocycles. The van der Waals surface area contributed by atoms with Gasteiger partial charge >= 0.3 is 6.09 Å². The SMILES string of the molecule is COc1ccc2nccc(NC(=O)[C@@H]3CC[C@@H](NC(=O)O)CO3)c2n1. The van der Waals surface area contributed by atoms with E-state index in [0.717, 1.165) is 0 Å². The van der Waals surface area contributed by atoms with Crippen LogP contribution < -0.4 is 15.4 Å². The zero-order chi connectivity index (χ0) is 17.8. The zero-order valence-electron chi connectivity index (χ0n) is 13.6. The largest absolute Gasteiger partial charge is 0.481 e. The highest BCUT2D eigenvalue weighted by Crippen LogP contribution is 2.23. The molecule has 9 nitrogen and oxygen atoms in total. The van der Waals surface area contributed by atoms with Crippen molar-refractivity contribution in [3.63, 3.8) is 0 Å². The molecular weight excluding hydrogens is 328 g/mol. The molecule has 1 saturated heterocycles. The third-order valence-electron chi connectivity index (χ3n) is 3.92. The topological polar surface area (TPSA) is 123 Å². The van der Waals surface area contributed by atoms with Gasteiger partial charge in [-0.15, -0.1) is 0 Å². The van der Waals surface area contributed by atoms with Crippen molar-refractivity contribution in [2.45, 2.75) is 25.0 Å². The maximum atomic E-state index is 12.4. The number of aromatic nitrogens is 2. The number of rotatable bonds is 4. The summed E-state index contributed by atoms with van der Waals surface area (Å²) in [5, 5.41) is 13.9. The first-order valence-electron chi connectivity index (χ1n) is 7.78. The van der Waals surface area contributed by atoms with Crippen LogP contribution in [0.25, 0.3) is 11.0 Å². The summed E-state index contributed by atoms with van der Waals surface area (Å²) in [5.74, 6) is 0.124. The van der Waals surface area contributed by atoms with E-state index in [1.807, 2.05) is 0 Å². The number of pyridine rings is 2. The molecule has 0 bridgehead atoms. The summed E-state index contributed by atoms with van der Waals surface area (Å²) in [6, 6.07) is 4.82. The number of nitrogens with zero attached hydrogens (tertiary/aromatic N) is 2. The van der Waals surface area contributed by atoms with E-state index in [9.17, 15) is 9.59 Å². The number of hydrogen-bond donors (Lipinski definition) is 3. The Kier molecular flexibility index (Phi) is 4.94. The van der Waals surface area contributed by atoms with Crippen molar-refractivity contribution in [3.05, 3.63) is 24.4 Å². The summed E-state index contributed by atoms with van der Waals surface area (Å²) in [7, 11) is 1.51. The van der Waals surface area contributed by atoms with Crippen molar-refractivity contribution in [1.82, 2.24) is 15.3 Å². The highest BCUT2D eigenvalue weighted by Gasteiger charge is 2.28. The predicted molar refractivity (Wildman–Crippen MR) is 88.6 cm³/mol. The summed E-state index contributed by atoms with van der Waals surface area (Å²) in [6.07, 6.45) is 0.811. The van der Waals surface area contributed by atoms with E-state index in [4.69, 9.17) is 14.6 Å². The average Bonchev–Trinajstić information content (AvgIpc) is 2.61. The lowest BCUT2D eigenvalue weighted by atomic mass is 10.0. The standard InChI is InChI=1S/C16H18N4O5/c1-24-13-5-3-10-14(20-13)11(6-7-17-10)19-15(21)12-4-2-9(8-25-12)18-16(22)23/h3,5-7,9,12,18H,2,4,8H2,1H3,(H,22,23)(H,17,19,21)/t9-,12+/m1/s1. The summed E-state index contributed by atoms with van der Waals surface area (Å²) >= 11 is 0. The number of anilines is 1. The number of methoxy groups -OCH3 is 1. The Balaban J connectivity index is 1.69. The Hall–Kier alpha value is -2.94. The summed E-state index contributed by atoms with van der Waals surface area (Å²) in [5.41, 5.74) is 1.67. The van der Waals surface area contributed by atoms with Crippen LogP contribution in [0.4, 0.5) is 10.5 Å². The first kappa shape index (κ1) is 16.9. The number of nitrogens with one attached hydrogen (secondary N) is 2. The fourth-order valence-corrected chi connectivity index (χ4v) is 2.68. The van der Waals surface area contributed by atoms with E-state index >= 15 is 0 Å². The van der Waals surface area contributed by atoms with Gasteiger partial charge in [0.1, 0.15) is 11.6 Å². The molecule has 3 rings (SSSR count). The van der Waals surface area contributed by atoms with E-state index < -0.39 is 12.2 Å². The molecule has 0 unspecified atom stereocenters. The Morgan fingerprint density at radius 1 is 1.32 bits per heavy atom. The van der Waals surface area contributed by atoms with Crippen LogP contribution in [0.1, 0.15) is 12.8 Å². The quantitative estimate of drug-likeness (QED) is 0.764. The molecule has 1 aliphatic rings. The highest BCUT2D eigenvalue weighted by molar-refractivity contribution is 6.01. The van der Waals surface area contributed by atoms with Crippen molar-refractivity contribution >= 4 is 28.7 Å². The number of carbonyl (C=O) groups is 2. The first-order chi connectivity index (χ1) is 12.1. The third-order valence-corrected chi connectivity index (χ3v) is 3.92. The van der Waals surface area contributed by atoms with Crippen LogP contribution in [0, 0.1) is 0 Å². The van der Waals surface area contributed by atoms with Gasteiger partial charge in [0.25, 0.3) is 5.91 Å². The van der Waals surface area contributed by atoms with Crippen molar-refractivity contribution in [2.24, 2.45) is 0 Å². The van der Waals surface area contributed by atoms with Gasteiger partial charge in [0, 0.05) is 12.3 Å². The van der Waals surface area contributed by atoms with Crippen LogP contribution in [-0.2, 0) is 9.53 Å². The fraction of sp³-hybridized carbons (Fsp3) is 0.375. The Morgan fingerprint density at radius 3 is 2.84 bits per heavy atom. The van der Waals surface area contributed by atoms with Gasteiger partial charge in [-0.25, -0.2) is 9.78 Å². The molecular formula is C16H18N4O5. The van der Waals surface area contributed by atoms with Crippen LogP contribution in [0.15, 0.2) is 24.4 Å². The van der Waals surface area contributed by atoms with Crippen molar-refractivity contribution in [3.8, 4) is 5.88 Å². The minimum absolute atomic E-state index is 0.160. The van der Waals surface area contributed by atoms with Gasteiger partial charge in [0.15, 0.2) is 0 Å². The number of carbonyl (C=O) groups excluding carboxylic acids is 1. The van der Waals surface area contributed by atoms with Gasteiger partial charge in [-0.1, -0.05) is 0 Å². The molecule has 3 N–H and O–H groups in total. The monoisotopic (exact) mass is 346 g/mol. The molecule has 2 atom stereocenters. The van der Waals surface area contributed by atoms with E-state index in [1.165, 1.54) is 7.11 Å². The molecule has 0 radical (unpaired) electrons. The van der Waals surface area contributed by atoms with Gasteiger partial charge in [-0.2, -0.15) is 0 Å². The Labute approximate surface area is 143 Å². The second-order valence-corrected chi connectivity index (χ2v) is 5.61. The Bertz CT molecular complexity index is 789. The van der Waals surface area contributed by atoms with Gasteiger partial charge in [-0.05, 0) is 25.0 Å². The number of fused-ring (bicyclic) bond motifs is 1. The molecule has 9 heteroatoms. The summed E-state index contributed by atoms with van der Waals surface area (Å²) < 4.78 is 10.6. The molecule has 2 amide bonds. The lowest BCUT2D eigenvalue weighted by Crippen LogP contribution is -2.45. The van der Waals surface area contributed by atoms with Crippen LogP contribution in [0.3, 0.4) is 0 Å². The maximum Gasteiger partial charge on any atom is 0.404 e. The van der Waals surface area contributed by atoms with Crippen LogP contribution in [0.5, 0.6) is 5.88 Å². The lowest BCUT2D eigenvalue weighted by Gasteiger charge is -2.28. The van der Waals surface area contributed by atoms with Gasteiger partial charge in [0.05, 0.1) is 31.0 Å². The van der Waals surface area contributed by atoms with Crippen molar-refractivity contribution in [2.75, 3.05) is 19.0 Å². The second-order valence-electron chi connectivity index (χ2n) is 5.61. The van der Waals surface area contributed by atoms with E-state index in [2.05, 4.69) is 20.6 Å². The molecule has 132 valence electrons. The highest BCUT2D eigenvalue weighted by atomic mass is 16.5. The Morgan fingerprint density at radius 2 is 2.16 bits per heavy atom. The number of amides is 2. The predicted octanol–water partition coefficient (Wildman–Crippen LogP) is 1.39. The molecule has 0 spiro atoms. The maximum absolute atomic E-state index is 12.4. The first-order valence-corrected chi connectivity index (χ1v) is 7.78. The van der Waals surface area contributed by atoms with Crippen molar-refractivity contribution < 1.29 is 24.2 Å². The molecule has 0 saturated carbocycles. The van der Waals surface area contributed by atoms with Crippen LogP contribution in [-0.4, -0.2) is 52.9 Å². The van der Waals surface area contributed by atoms with Crippen LogP contribution >= 0.6 is 0 Å².